The second-order valence-corrected chi connectivity index (χ2v) is 5.84. The van der Waals surface area contributed by atoms with Crippen LogP contribution in [0.25, 0.3) is 0 Å². The molecule has 2 aromatic rings. The number of carboxylic acids is 1. The molecule has 2 aromatic carbocycles. The summed E-state index contributed by atoms with van der Waals surface area (Å²) in [6.45, 7) is 0. The first kappa shape index (κ1) is 15.4. The monoisotopic (exact) mass is 309 g/mol. The molecule has 1 heterocycles. The summed E-state index contributed by atoms with van der Waals surface area (Å²) in [5, 5.41) is 12.1. The first-order chi connectivity index (χ1) is 11.2. The maximum absolute atomic E-state index is 13.1. The van der Waals surface area contributed by atoms with Crippen LogP contribution < -0.4 is 5.32 Å². The van der Waals surface area contributed by atoms with Gasteiger partial charge in [-0.2, -0.15) is 0 Å². The zero-order valence-electron chi connectivity index (χ0n) is 12.7. The normalized spacial score (nSPS) is 20.6. The van der Waals surface area contributed by atoms with Gasteiger partial charge in [0.25, 0.3) is 0 Å². The van der Waals surface area contributed by atoms with Crippen molar-refractivity contribution < 1.29 is 14.7 Å². The minimum absolute atomic E-state index is 0.0335. The van der Waals surface area contributed by atoms with Crippen LogP contribution in [0.1, 0.15) is 29.9 Å². The number of hydrogen-bond donors (Lipinski definition) is 2. The van der Waals surface area contributed by atoms with E-state index in [1.165, 1.54) is 0 Å². The van der Waals surface area contributed by atoms with Crippen molar-refractivity contribution in [3.63, 3.8) is 0 Å². The average Bonchev–Trinajstić information content (AvgIpc) is 3.07. The summed E-state index contributed by atoms with van der Waals surface area (Å²) in [4.78, 5) is 24.2. The smallest absolute Gasteiger partial charge is 0.320 e. The van der Waals surface area contributed by atoms with Crippen molar-refractivity contribution in [1.82, 2.24) is 5.32 Å². The highest BCUT2D eigenvalue weighted by molar-refractivity contribution is 5.94. The van der Waals surface area contributed by atoms with E-state index >= 15 is 0 Å². The Labute approximate surface area is 135 Å². The van der Waals surface area contributed by atoms with E-state index in [0.29, 0.717) is 12.8 Å². The van der Waals surface area contributed by atoms with E-state index in [0.717, 1.165) is 11.1 Å². The Morgan fingerprint density at radius 3 is 1.78 bits per heavy atom. The molecule has 0 amide bonds. The molecule has 0 radical (unpaired) electrons. The fourth-order valence-corrected chi connectivity index (χ4v) is 3.18. The van der Waals surface area contributed by atoms with Crippen LogP contribution in [-0.4, -0.2) is 28.9 Å². The number of nitrogens with one attached hydrogen (secondary N) is 1. The molecule has 2 atom stereocenters. The molecule has 3 rings (SSSR count). The van der Waals surface area contributed by atoms with Gasteiger partial charge in [0, 0.05) is 0 Å². The summed E-state index contributed by atoms with van der Waals surface area (Å²) in [5.74, 6) is -1.23. The van der Waals surface area contributed by atoms with Crippen molar-refractivity contribution >= 4 is 11.8 Å². The van der Waals surface area contributed by atoms with Crippen LogP contribution in [0.5, 0.6) is 0 Å². The summed E-state index contributed by atoms with van der Waals surface area (Å²) >= 11 is 0. The molecule has 0 spiro atoms. The second kappa shape index (κ2) is 6.75. The first-order valence-corrected chi connectivity index (χ1v) is 7.79. The fourth-order valence-electron chi connectivity index (χ4n) is 3.18. The molecule has 1 aliphatic heterocycles. The Balaban J connectivity index is 1.90. The number of aliphatic carboxylic acids is 1. The summed E-state index contributed by atoms with van der Waals surface area (Å²) in [6, 6.07) is 18.2. The third kappa shape index (κ3) is 3.32. The van der Waals surface area contributed by atoms with Gasteiger partial charge in [-0.05, 0) is 24.0 Å². The zero-order valence-corrected chi connectivity index (χ0v) is 12.7. The van der Waals surface area contributed by atoms with Gasteiger partial charge in [-0.1, -0.05) is 60.7 Å². The van der Waals surface area contributed by atoms with Crippen molar-refractivity contribution in [3.8, 4) is 0 Å². The van der Waals surface area contributed by atoms with E-state index in [4.69, 9.17) is 5.11 Å². The van der Waals surface area contributed by atoms with Crippen molar-refractivity contribution in [2.45, 2.75) is 30.8 Å². The number of hydrogen-bond acceptors (Lipinski definition) is 3. The first-order valence-electron chi connectivity index (χ1n) is 7.79. The van der Waals surface area contributed by atoms with Gasteiger partial charge >= 0.3 is 5.97 Å². The van der Waals surface area contributed by atoms with E-state index in [1.54, 1.807) is 0 Å². The van der Waals surface area contributed by atoms with Crippen LogP contribution in [0.3, 0.4) is 0 Å². The standard InChI is InChI=1S/C19H19NO3/c21-18(15-11-12-16(20-15)19(22)23)17(13-7-3-1-4-8-13)14-9-5-2-6-10-14/h1-10,15-17,20H,11-12H2,(H,22,23)/t15-,16+/m0/s1. The molecule has 1 saturated heterocycles. The zero-order chi connectivity index (χ0) is 16.2. The van der Waals surface area contributed by atoms with Gasteiger partial charge in [-0.15, -0.1) is 0 Å². The Morgan fingerprint density at radius 1 is 0.870 bits per heavy atom. The number of ketones is 1. The molecule has 1 aliphatic rings. The lowest BCUT2D eigenvalue weighted by molar-refractivity contribution is -0.139. The Morgan fingerprint density at radius 2 is 1.35 bits per heavy atom. The predicted octanol–water partition coefficient (Wildman–Crippen LogP) is 2.59. The van der Waals surface area contributed by atoms with Crippen molar-refractivity contribution in [1.29, 1.82) is 0 Å². The van der Waals surface area contributed by atoms with Crippen molar-refractivity contribution in [2.24, 2.45) is 0 Å². The van der Waals surface area contributed by atoms with Crippen molar-refractivity contribution in [3.05, 3.63) is 71.8 Å². The van der Waals surface area contributed by atoms with E-state index < -0.39 is 18.1 Å². The predicted molar refractivity (Wildman–Crippen MR) is 87.3 cm³/mol. The van der Waals surface area contributed by atoms with Crippen LogP contribution in [-0.2, 0) is 9.59 Å². The molecule has 4 nitrogen and oxygen atoms in total. The van der Waals surface area contributed by atoms with E-state index in [9.17, 15) is 9.59 Å². The molecule has 118 valence electrons. The number of carbonyl (C=O) groups is 2. The summed E-state index contributed by atoms with van der Waals surface area (Å²) in [7, 11) is 0. The molecule has 0 aromatic heterocycles. The van der Waals surface area contributed by atoms with Gasteiger partial charge < -0.3 is 5.11 Å². The quantitative estimate of drug-likeness (QED) is 0.891. The molecule has 23 heavy (non-hydrogen) atoms. The molecule has 0 bridgehead atoms. The average molecular weight is 309 g/mol. The van der Waals surface area contributed by atoms with E-state index in [2.05, 4.69) is 5.32 Å². The number of carboxylic acid groups (broad SMARTS) is 1. The number of rotatable bonds is 5. The van der Waals surface area contributed by atoms with Crippen LogP contribution in [0.15, 0.2) is 60.7 Å². The summed E-state index contributed by atoms with van der Waals surface area (Å²) in [5.41, 5.74) is 1.87. The molecule has 0 saturated carbocycles. The summed E-state index contributed by atoms with van der Waals surface area (Å²) in [6.07, 6.45) is 1.05. The minimum atomic E-state index is -0.892. The third-order valence-electron chi connectivity index (χ3n) is 4.34. The second-order valence-electron chi connectivity index (χ2n) is 5.84. The number of benzene rings is 2. The SMILES string of the molecule is O=C(C(c1ccccc1)c1ccccc1)[C@@H]1CC[C@H](C(=O)O)N1. The lowest BCUT2D eigenvalue weighted by Crippen LogP contribution is -2.41. The molecule has 0 unspecified atom stereocenters. The van der Waals surface area contributed by atoms with Crippen LogP contribution in [0.2, 0.25) is 0 Å². The molecule has 1 fully saturated rings. The van der Waals surface area contributed by atoms with E-state index in [-0.39, 0.29) is 11.7 Å². The number of Topliss-reactive ketones (excluding diaryl/α,β-unsaturated/α-hetero) is 1. The molecule has 0 aliphatic carbocycles. The molecule has 2 N–H and O–H groups in total. The highest BCUT2D eigenvalue weighted by atomic mass is 16.4. The lowest BCUT2D eigenvalue weighted by Gasteiger charge is -2.21. The van der Waals surface area contributed by atoms with E-state index in [1.807, 2.05) is 60.7 Å². The highest BCUT2D eigenvalue weighted by Gasteiger charge is 2.36. The molecular formula is C19H19NO3. The van der Waals surface area contributed by atoms with Crippen LogP contribution in [0.4, 0.5) is 0 Å². The molecule has 4 heteroatoms. The maximum Gasteiger partial charge on any atom is 0.320 e. The lowest BCUT2D eigenvalue weighted by atomic mass is 9.84. The van der Waals surface area contributed by atoms with Gasteiger partial charge in [-0.25, -0.2) is 0 Å². The fraction of sp³-hybridized carbons (Fsp3) is 0.263. The van der Waals surface area contributed by atoms with Gasteiger partial charge in [-0.3, -0.25) is 14.9 Å². The Kier molecular flexibility index (Phi) is 4.53. The van der Waals surface area contributed by atoms with Gasteiger partial charge in [0.1, 0.15) is 6.04 Å². The Bertz CT molecular complexity index is 645. The largest absolute Gasteiger partial charge is 0.480 e. The highest BCUT2D eigenvalue weighted by Crippen LogP contribution is 2.29. The number of carbonyl (C=O) groups excluding carboxylic acids is 1. The van der Waals surface area contributed by atoms with Crippen LogP contribution >= 0.6 is 0 Å². The Hall–Kier alpha value is -2.46. The van der Waals surface area contributed by atoms with Gasteiger partial charge in [0.05, 0.1) is 12.0 Å². The molecular weight excluding hydrogens is 290 g/mol. The summed E-state index contributed by atoms with van der Waals surface area (Å²) < 4.78 is 0. The maximum atomic E-state index is 13.1. The van der Waals surface area contributed by atoms with Crippen LogP contribution in [0, 0.1) is 0 Å². The topological polar surface area (TPSA) is 66.4 Å². The van der Waals surface area contributed by atoms with Crippen molar-refractivity contribution in [2.75, 3.05) is 0 Å². The van der Waals surface area contributed by atoms with Gasteiger partial charge in [0.15, 0.2) is 5.78 Å². The third-order valence-corrected chi connectivity index (χ3v) is 4.34. The van der Waals surface area contributed by atoms with Gasteiger partial charge in [0.2, 0.25) is 0 Å². The minimum Gasteiger partial charge on any atom is -0.480 e.